The largest absolute Gasteiger partial charge is 0.383 e. The van der Waals surface area contributed by atoms with Crippen LogP contribution in [0.3, 0.4) is 0 Å². The molecule has 0 saturated carbocycles. The number of aromatic nitrogens is 1. The number of ether oxygens (including phenoxy) is 1. The zero-order valence-electron chi connectivity index (χ0n) is 14.3. The summed E-state index contributed by atoms with van der Waals surface area (Å²) in [4.78, 5) is 16.5. The Kier molecular flexibility index (Phi) is 7.02. The van der Waals surface area contributed by atoms with Crippen LogP contribution in [0, 0.1) is 6.92 Å². The lowest BCUT2D eigenvalue weighted by atomic mass is 10.1. The fourth-order valence-electron chi connectivity index (χ4n) is 2.19. The van der Waals surface area contributed by atoms with Crippen LogP contribution in [0.1, 0.15) is 29.2 Å². The number of anilines is 1. The topological polar surface area (TPSA) is 75.3 Å². The van der Waals surface area contributed by atoms with Gasteiger partial charge in [-0.1, -0.05) is 18.2 Å². The van der Waals surface area contributed by atoms with Gasteiger partial charge in [-0.2, -0.15) is 0 Å². The van der Waals surface area contributed by atoms with Crippen molar-refractivity contribution in [1.82, 2.24) is 15.6 Å². The molecule has 130 valence electrons. The first-order valence-electron chi connectivity index (χ1n) is 7.87. The highest BCUT2D eigenvalue weighted by Gasteiger charge is 2.12. The van der Waals surface area contributed by atoms with Crippen LogP contribution in [0.4, 0.5) is 10.5 Å². The Bertz CT molecular complexity index is 660. The van der Waals surface area contributed by atoms with Gasteiger partial charge in [0.1, 0.15) is 5.01 Å². The fraction of sp³-hybridized carbons (Fsp3) is 0.412. The van der Waals surface area contributed by atoms with Gasteiger partial charge in [-0.15, -0.1) is 11.3 Å². The number of methoxy groups -OCH3 is 1. The summed E-state index contributed by atoms with van der Waals surface area (Å²) >= 11 is 1.55. The van der Waals surface area contributed by atoms with E-state index >= 15 is 0 Å². The van der Waals surface area contributed by atoms with Crippen molar-refractivity contribution >= 4 is 23.1 Å². The average molecular weight is 348 g/mol. The zero-order chi connectivity index (χ0) is 17.4. The van der Waals surface area contributed by atoms with E-state index in [9.17, 15) is 4.79 Å². The summed E-state index contributed by atoms with van der Waals surface area (Å²) in [5, 5.41) is 12.0. The van der Waals surface area contributed by atoms with Crippen LogP contribution < -0.4 is 16.0 Å². The van der Waals surface area contributed by atoms with Gasteiger partial charge in [0.05, 0.1) is 12.6 Å². The Balaban J connectivity index is 1.85. The van der Waals surface area contributed by atoms with E-state index in [1.165, 1.54) is 0 Å². The van der Waals surface area contributed by atoms with Gasteiger partial charge in [0.25, 0.3) is 0 Å². The Labute approximate surface area is 146 Å². The van der Waals surface area contributed by atoms with Crippen molar-refractivity contribution in [3.05, 3.63) is 45.9 Å². The minimum atomic E-state index is -0.206. The standard InChI is InChI=1S/C17H24N4O2S/c1-12-11-24-16(20-12)13(2)21-17(22)19-10-14-6-4-5-7-15(14)18-8-9-23-3/h4-7,11,13,18H,8-10H2,1-3H3,(H2,19,21,22). The monoisotopic (exact) mass is 348 g/mol. The van der Waals surface area contributed by atoms with Gasteiger partial charge in [0, 0.05) is 37.0 Å². The molecule has 0 spiro atoms. The number of para-hydroxylation sites is 1. The Hall–Kier alpha value is -2.12. The third-order valence-corrected chi connectivity index (χ3v) is 4.58. The summed E-state index contributed by atoms with van der Waals surface area (Å²) in [6, 6.07) is 7.58. The second-order valence-electron chi connectivity index (χ2n) is 5.45. The number of hydrogen-bond acceptors (Lipinski definition) is 5. The van der Waals surface area contributed by atoms with Crippen molar-refractivity contribution < 1.29 is 9.53 Å². The minimum absolute atomic E-state index is 0.112. The molecule has 1 aromatic heterocycles. The number of rotatable bonds is 8. The van der Waals surface area contributed by atoms with E-state index in [1.807, 2.05) is 43.5 Å². The van der Waals surface area contributed by atoms with Gasteiger partial charge in [-0.25, -0.2) is 9.78 Å². The Morgan fingerprint density at radius 2 is 2.17 bits per heavy atom. The van der Waals surface area contributed by atoms with Crippen LogP contribution in [0.5, 0.6) is 0 Å². The molecule has 7 heteroatoms. The third-order valence-electron chi connectivity index (χ3n) is 3.43. The van der Waals surface area contributed by atoms with E-state index in [4.69, 9.17) is 4.74 Å². The van der Waals surface area contributed by atoms with E-state index in [1.54, 1.807) is 18.4 Å². The molecule has 0 fully saturated rings. The fourth-order valence-corrected chi connectivity index (χ4v) is 2.99. The zero-order valence-corrected chi connectivity index (χ0v) is 15.1. The maximum absolute atomic E-state index is 12.1. The summed E-state index contributed by atoms with van der Waals surface area (Å²) in [5.41, 5.74) is 3.00. The Morgan fingerprint density at radius 3 is 2.88 bits per heavy atom. The summed E-state index contributed by atoms with van der Waals surface area (Å²) in [5.74, 6) is 0. The molecule has 1 unspecified atom stereocenters. The van der Waals surface area contributed by atoms with Crippen molar-refractivity contribution in [2.24, 2.45) is 0 Å². The highest BCUT2D eigenvalue weighted by atomic mass is 32.1. The second-order valence-corrected chi connectivity index (χ2v) is 6.34. The van der Waals surface area contributed by atoms with Crippen molar-refractivity contribution in [1.29, 1.82) is 0 Å². The molecule has 1 atom stereocenters. The molecule has 0 aliphatic heterocycles. The van der Waals surface area contributed by atoms with E-state index in [0.717, 1.165) is 28.5 Å². The first kappa shape index (κ1) is 18.2. The quantitative estimate of drug-likeness (QED) is 0.641. The second kappa shape index (κ2) is 9.24. The van der Waals surface area contributed by atoms with Crippen LogP contribution in [0.15, 0.2) is 29.6 Å². The first-order chi connectivity index (χ1) is 11.6. The first-order valence-corrected chi connectivity index (χ1v) is 8.75. The van der Waals surface area contributed by atoms with Crippen LogP contribution in [-0.4, -0.2) is 31.3 Å². The number of hydrogen-bond donors (Lipinski definition) is 3. The molecule has 0 aliphatic rings. The van der Waals surface area contributed by atoms with Crippen molar-refractivity contribution in [3.63, 3.8) is 0 Å². The third kappa shape index (κ3) is 5.50. The molecule has 3 N–H and O–H groups in total. The smallest absolute Gasteiger partial charge is 0.315 e. The molecule has 0 saturated heterocycles. The number of aryl methyl sites for hydroxylation is 1. The van der Waals surface area contributed by atoms with Crippen LogP contribution >= 0.6 is 11.3 Å². The molecule has 6 nitrogen and oxygen atoms in total. The summed E-state index contributed by atoms with van der Waals surface area (Å²) in [7, 11) is 1.67. The lowest BCUT2D eigenvalue weighted by Gasteiger charge is -2.15. The maximum atomic E-state index is 12.1. The molecule has 0 aliphatic carbocycles. The maximum Gasteiger partial charge on any atom is 0.315 e. The Morgan fingerprint density at radius 1 is 1.38 bits per heavy atom. The number of thiazole rings is 1. The average Bonchev–Trinajstić information content (AvgIpc) is 3.01. The van der Waals surface area contributed by atoms with Gasteiger partial charge < -0.3 is 20.7 Å². The van der Waals surface area contributed by atoms with Gasteiger partial charge in [-0.05, 0) is 25.5 Å². The molecule has 1 aromatic carbocycles. The highest BCUT2D eigenvalue weighted by Crippen LogP contribution is 2.17. The van der Waals surface area contributed by atoms with Crippen molar-refractivity contribution in [2.45, 2.75) is 26.4 Å². The van der Waals surface area contributed by atoms with Gasteiger partial charge in [0.2, 0.25) is 0 Å². The highest BCUT2D eigenvalue weighted by molar-refractivity contribution is 7.09. The number of nitrogens with one attached hydrogen (secondary N) is 3. The molecule has 2 rings (SSSR count). The van der Waals surface area contributed by atoms with Crippen molar-refractivity contribution in [3.8, 4) is 0 Å². The number of nitrogens with zero attached hydrogens (tertiary/aromatic N) is 1. The van der Waals surface area contributed by atoms with E-state index in [2.05, 4.69) is 20.9 Å². The van der Waals surface area contributed by atoms with Gasteiger partial charge in [-0.3, -0.25) is 0 Å². The van der Waals surface area contributed by atoms with Crippen LogP contribution in [0.2, 0.25) is 0 Å². The summed E-state index contributed by atoms with van der Waals surface area (Å²) < 4.78 is 5.04. The molecule has 0 radical (unpaired) electrons. The van der Waals surface area contributed by atoms with Crippen LogP contribution in [-0.2, 0) is 11.3 Å². The molecule has 0 bridgehead atoms. The molecule has 2 amide bonds. The SMILES string of the molecule is COCCNc1ccccc1CNC(=O)NC(C)c1nc(C)cs1. The van der Waals surface area contributed by atoms with E-state index < -0.39 is 0 Å². The molecular weight excluding hydrogens is 324 g/mol. The predicted molar refractivity (Wildman–Crippen MR) is 97.4 cm³/mol. The number of carbonyl (C=O) groups is 1. The molecular formula is C17H24N4O2S. The predicted octanol–water partition coefficient (Wildman–Crippen LogP) is 3.07. The summed E-state index contributed by atoms with van der Waals surface area (Å²) in [6.45, 7) is 5.68. The number of amides is 2. The minimum Gasteiger partial charge on any atom is -0.383 e. The molecule has 2 aromatic rings. The van der Waals surface area contributed by atoms with Crippen molar-refractivity contribution in [2.75, 3.05) is 25.6 Å². The number of urea groups is 1. The van der Waals surface area contributed by atoms with Gasteiger partial charge >= 0.3 is 6.03 Å². The molecule has 1 heterocycles. The summed E-state index contributed by atoms with van der Waals surface area (Å²) in [6.07, 6.45) is 0. The lowest BCUT2D eigenvalue weighted by molar-refractivity contribution is 0.210. The number of carbonyl (C=O) groups excluding carboxylic acids is 1. The van der Waals surface area contributed by atoms with Crippen LogP contribution in [0.25, 0.3) is 0 Å². The number of benzene rings is 1. The normalized spacial score (nSPS) is 11.8. The van der Waals surface area contributed by atoms with E-state index in [-0.39, 0.29) is 12.1 Å². The molecule has 24 heavy (non-hydrogen) atoms. The van der Waals surface area contributed by atoms with E-state index in [0.29, 0.717) is 13.2 Å². The van der Waals surface area contributed by atoms with Gasteiger partial charge in [0.15, 0.2) is 0 Å². The lowest BCUT2D eigenvalue weighted by Crippen LogP contribution is -2.36.